The van der Waals surface area contributed by atoms with E-state index in [0.29, 0.717) is 0 Å². The van der Waals surface area contributed by atoms with E-state index in [1.807, 2.05) is 0 Å². The smallest absolute Gasteiger partial charge is 0.307 e. The summed E-state index contributed by atoms with van der Waals surface area (Å²) in [5.74, 6) is -0.687. The Bertz CT molecular complexity index is 206. The molecule has 0 fully saturated rings. The Morgan fingerprint density at radius 1 is 1.14 bits per heavy atom. The molecule has 0 saturated heterocycles. The van der Waals surface area contributed by atoms with E-state index in [1.165, 1.54) is 38.5 Å². The third kappa shape index (κ3) is 5.05. The van der Waals surface area contributed by atoms with Crippen LogP contribution in [0.4, 0.5) is 0 Å². The Labute approximate surface area is 86.0 Å². The largest absolute Gasteiger partial charge is 0.481 e. The van der Waals surface area contributed by atoms with E-state index in [9.17, 15) is 4.79 Å². The zero-order chi connectivity index (χ0) is 10.2. The van der Waals surface area contributed by atoms with Gasteiger partial charge < -0.3 is 5.11 Å². The molecule has 0 amide bonds. The van der Waals surface area contributed by atoms with Gasteiger partial charge in [-0.15, -0.1) is 0 Å². The molecule has 0 atom stereocenters. The molecule has 14 heavy (non-hydrogen) atoms. The van der Waals surface area contributed by atoms with E-state index >= 15 is 0 Å². The first-order valence-corrected chi connectivity index (χ1v) is 5.69. The van der Waals surface area contributed by atoms with Crippen molar-refractivity contribution < 1.29 is 9.90 Å². The summed E-state index contributed by atoms with van der Waals surface area (Å²) in [6, 6.07) is 0. The molecule has 0 bridgehead atoms. The van der Waals surface area contributed by atoms with Crippen molar-refractivity contribution >= 4 is 5.97 Å². The highest BCUT2D eigenvalue weighted by molar-refractivity contribution is 5.69. The summed E-state index contributed by atoms with van der Waals surface area (Å²) in [5.41, 5.74) is 1.14. The quantitative estimate of drug-likeness (QED) is 0.686. The van der Waals surface area contributed by atoms with Gasteiger partial charge in [-0.2, -0.15) is 0 Å². The van der Waals surface area contributed by atoms with Crippen molar-refractivity contribution in [1.82, 2.24) is 0 Å². The molecule has 0 aliphatic heterocycles. The maximum Gasteiger partial charge on any atom is 0.307 e. The monoisotopic (exact) mass is 196 g/mol. The number of carbonyl (C=O) groups is 1. The lowest BCUT2D eigenvalue weighted by atomic mass is 9.98. The van der Waals surface area contributed by atoms with Crippen LogP contribution in [0.3, 0.4) is 0 Å². The van der Waals surface area contributed by atoms with Gasteiger partial charge in [0.15, 0.2) is 0 Å². The minimum Gasteiger partial charge on any atom is -0.481 e. The van der Waals surface area contributed by atoms with Gasteiger partial charge in [0.05, 0.1) is 6.42 Å². The number of hydrogen-bond acceptors (Lipinski definition) is 1. The van der Waals surface area contributed by atoms with Crippen LogP contribution >= 0.6 is 0 Å². The molecule has 2 nitrogen and oxygen atoms in total. The molecule has 1 aliphatic rings. The third-order valence-electron chi connectivity index (χ3n) is 2.76. The van der Waals surface area contributed by atoms with Crippen LogP contribution in [0.25, 0.3) is 0 Å². The Morgan fingerprint density at radius 2 is 1.79 bits per heavy atom. The fourth-order valence-corrected chi connectivity index (χ4v) is 1.97. The molecule has 0 unspecified atom stereocenters. The van der Waals surface area contributed by atoms with Gasteiger partial charge in [0, 0.05) is 0 Å². The highest BCUT2D eigenvalue weighted by atomic mass is 16.4. The van der Waals surface area contributed by atoms with Crippen molar-refractivity contribution in [3.63, 3.8) is 0 Å². The van der Waals surface area contributed by atoms with E-state index in [-0.39, 0.29) is 6.42 Å². The predicted octanol–water partition coefficient (Wildman–Crippen LogP) is 3.52. The Morgan fingerprint density at radius 3 is 2.50 bits per heavy atom. The topological polar surface area (TPSA) is 37.3 Å². The van der Waals surface area contributed by atoms with Gasteiger partial charge in [-0.05, 0) is 25.7 Å². The lowest BCUT2D eigenvalue weighted by Gasteiger charge is -2.08. The van der Waals surface area contributed by atoms with Crippen LogP contribution in [0, 0.1) is 0 Å². The van der Waals surface area contributed by atoms with E-state index in [1.54, 1.807) is 0 Å². The van der Waals surface area contributed by atoms with Crippen LogP contribution in [0.2, 0.25) is 0 Å². The van der Waals surface area contributed by atoms with Gasteiger partial charge in [0.2, 0.25) is 0 Å². The van der Waals surface area contributed by atoms with Gasteiger partial charge >= 0.3 is 5.97 Å². The number of aliphatic carboxylic acids is 1. The molecular weight excluding hydrogens is 176 g/mol. The third-order valence-corrected chi connectivity index (χ3v) is 2.76. The average Bonchev–Trinajstić information content (AvgIpc) is 2.15. The molecule has 2 heteroatoms. The maximum absolute atomic E-state index is 10.6. The second-order valence-corrected chi connectivity index (χ2v) is 4.09. The average molecular weight is 196 g/mol. The van der Waals surface area contributed by atoms with Crippen molar-refractivity contribution in [1.29, 1.82) is 0 Å². The first-order chi connectivity index (χ1) is 6.79. The molecule has 0 spiro atoms. The summed E-state index contributed by atoms with van der Waals surface area (Å²) in [6.45, 7) is 0. The van der Waals surface area contributed by atoms with Crippen molar-refractivity contribution in [3.05, 3.63) is 11.6 Å². The van der Waals surface area contributed by atoms with Crippen LogP contribution in [0.1, 0.15) is 57.8 Å². The van der Waals surface area contributed by atoms with Crippen LogP contribution in [-0.2, 0) is 4.79 Å². The van der Waals surface area contributed by atoms with E-state index in [2.05, 4.69) is 6.08 Å². The fourth-order valence-electron chi connectivity index (χ4n) is 1.97. The number of hydrogen-bond donors (Lipinski definition) is 1. The first-order valence-electron chi connectivity index (χ1n) is 5.69. The lowest BCUT2D eigenvalue weighted by Crippen LogP contribution is -1.98. The summed E-state index contributed by atoms with van der Waals surface area (Å²) in [6.07, 6.45) is 12.1. The maximum atomic E-state index is 10.6. The Balaban J connectivity index is 2.41. The van der Waals surface area contributed by atoms with Crippen LogP contribution < -0.4 is 0 Å². The van der Waals surface area contributed by atoms with Gasteiger partial charge in [-0.1, -0.05) is 37.3 Å². The first kappa shape index (κ1) is 11.3. The van der Waals surface area contributed by atoms with Crippen molar-refractivity contribution in [3.8, 4) is 0 Å². The van der Waals surface area contributed by atoms with Gasteiger partial charge in [-0.3, -0.25) is 4.79 Å². The molecule has 0 heterocycles. The normalized spacial score (nSPS) is 19.9. The number of rotatable bonds is 2. The summed E-state index contributed by atoms with van der Waals surface area (Å²) in [7, 11) is 0. The molecule has 0 aromatic rings. The zero-order valence-electron chi connectivity index (χ0n) is 8.80. The molecule has 0 radical (unpaired) electrons. The molecule has 1 aliphatic carbocycles. The van der Waals surface area contributed by atoms with E-state index < -0.39 is 5.97 Å². The fraction of sp³-hybridized carbons (Fsp3) is 0.750. The van der Waals surface area contributed by atoms with Crippen molar-refractivity contribution in [2.24, 2.45) is 0 Å². The Kier molecular flexibility index (Phi) is 5.35. The number of carboxylic acid groups (broad SMARTS) is 1. The molecule has 1 rings (SSSR count). The van der Waals surface area contributed by atoms with Gasteiger partial charge in [-0.25, -0.2) is 0 Å². The second kappa shape index (κ2) is 6.63. The highest BCUT2D eigenvalue weighted by Gasteiger charge is 2.04. The van der Waals surface area contributed by atoms with Crippen molar-refractivity contribution in [2.75, 3.05) is 0 Å². The van der Waals surface area contributed by atoms with Gasteiger partial charge in [0.1, 0.15) is 0 Å². The number of allylic oxidation sites excluding steroid dienone is 1. The van der Waals surface area contributed by atoms with Crippen molar-refractivity contribution in [2.45, 2.75) is 57.8 Å². The van der Waals surface area contributed by atoms with E-state index in [0.717, 1.165) is 18.4 Å². The molecular formula is C12H20O2. The van der Waals surface area contributed by atoms with Crippen LogP contribution in [0.15, 0.2) is 11.6 Å². The number of carboxylic acids is 1. The van der Waals surface area contributed by atoms with Gasteiger partial charge in [0.25, 0.3) is 0 Å². The highest BCUT2D eigenvalue weighted by Crippen LogP contribution is 2.18. The summed E-state index contributed by atoms with van der Waals surface area (Å²) >= 11 is 0. The summed E-state index contributed by atoms with van der Waals surface area (Å²) in [4.78, 5) is 10.6. The minimum atomic E-state index is -0.687. The Hall–Kier alpha value is -0.790. The standard InChI is InChI=1S/C12H20O2/c13-12(14)10-11-8-6-4-2-1-3-5-7-9-11/h8H,1-7,9-10H2,(H,13,14). The zero-order valence-corrected chi connectivity index (χ0v) is 8.80. The van der Waals surface area contributed by atoms with Crippen LogP contribution in [0.5, 0.6) is 0 Å². The SMILES string of the molecule is O=C(O)CC1=CCCCCCCCC1. The molecule has 0 saturated carbocycles. The molecule has 0 aromatic carbocycles. The summed E-state index contributed by atoms with van der Waals surface area (Å²) < 4.78 is 0. The second-order valence-electron chi connectivity index (χ2n) is 4.09. The van der Waals surface area contributed by atoms with Crippen LogP contribution in [-0.4, -0.2) is 11.1 Å². The summed E-state index contributed by atoms with van der Waals surface area (Å²) in [5, 5.41) is 8.71. The molecule has 80 valence electrons. The van der Waals surface area contributed by atoms with E-state index in [4.69, 9.17) is 5.11 Å². The predicted molar refractivity (Wildman–Crippen MR) is 57.3 cm³/mol. The lowest BCUT2D eigenvalue weighted by molar-refractivity contribution is -0.136. The molecule has 1 N–H and O–H groups in total. The molecule has 0 aromatic heterocycles. The minimum absolute atomic E-state index is 0.250.